The van der Waals surface area contributed by atoms with Gasteiger partial charge in [0.1, 0.15) is 12.4 Å². The summed E-state index contributed by atoms with van der Waals surface area (Å²) in [5.74, 6) is 0.190. The highest BCUT2D eigenvalue weighted by Gasteiger charge is 2.32. The summed E-state index contributed by atoms with van der Waals surface area (Å²) in [5.41, 5.74) is 6.60. The molecule has 1 aliphatic rings. The summed E-state index contributed by atoms with van der Waals surface area (Å²) in [6.07, 6.45) is 1.50. The largest absolute Gasteiger partial charge is 0.493 e. The minimum Gasteiger partial charge on any atom is -0.493 e. The zero-order chi connectivity index (χ0) is 32.5. The number of carbonyl (C=O) groups excluding carboxylic acids is 3. The number of amides is 3. The van der Waals surface area contributed by atoms with Crippen LogP contribution in [0.1, 0.15) is 42.1 Å². The second-order valence-electron chi connectivity index (χ2n) is 9.87. The first kappa shape index (κ1) is 33.5. The lowest BCUT2D eigenvalue weighted by molar-refractivity contribution is -0.139. The molecule has 0 unspecified atom stereocenters. The zero-order valence-corrected chi connectivity index (χ0v) is 28.2. The van der Waals surface area contributed by atoms with Crippen molar-refractivity contribution in [2.24, 2.45) is 5.10 Å². The molecule has 1 heterocycles. The molecular weight excluding hydrogens is 712 g/mol. The fourth-order valence-electron chi connectivity index (χ4n) is 4.51. The van der Waals surface area contributed by atoms with Crippen molar-refractivity contribution in [3.63, 3.8) is 0 Å². The summed E-state index contributed by atoms with van der Waals surface area (Å²) in [4.78, 5) is 37.2. The smallest absolute Gasteiger partial charge is 0.338 e. The maximum atomic E-state index is 12.6. The topological polar surface area (TPSA) is 137 Å². The third-order valence-electron chi connectivity index (χ3n) is 6.53. The minimum atomic E-state index is -0.771. The molecule has 45 heavy (non-hydrogen) atoms. The molecule has 3 aromatic rings. The molecule has 13 heteroatoms. The van der Waals surface area contributed by atoms with E-state index in [2.05, 4.69) is 59.1 Å². The number of esters is 1. The number of nitrogens with one attached hydrogen (secondary N) is 3. The molecule has 236 valence electrons. The van der Waals surface area contributed by atoms with Crippen molar-refractivity contribution in [1.82, 2.24) is 16.1 Å². The van der Waals surface area contributed by atoms with E-state index < -0.39 is 23.9 Å². The van der Waals surface area contributed by atoms with Crippen LogP contribution < -0.4 is 30.3 Å². The zero-order valence-electron chi connectivity index (χ0n) is 25.0. The van der Waals surface area contributed by atoms with Crippen LogP contribution in [0.5, 0.6) is 17.2 Å². The fraction of sp³-hybridized carbons (Fsp3) is 0.250. The lowest BCUT2D eigenvalue weighted by Gasteiger charge is -2.28. The van der Waals surface area contributed by atoms with Gasteiger partial charge in [0.2, 0.25) is 0 Å². The average molecular weight is 744 g/mol. The first-order chi connectivity index (χ1) is 21.6. The summed E-state index contributed by atoms with van der Waals surface area (Å²) in [6.45, 7) is 5.62. The number of methoxy groups -OCH3 is 1. The van der Waals surface area contributed by atoms with Crippen LogP contribution in [0.4, 0.5) is 4.79 Å². The Morgan fingerprint density at radius 2 is 1.78 bits per heavy atom. The molecule has 1 aliphatic heterocycles. The molecule has 0 aromatic heterocycles. The molecule has 11 nitrogen and oxygen atoms in total. The van der Waals surface area contributed by atoms with Crippen molar-refractivity contribution in [1.29, 1.82) is 0 Å². The van der Waals surface area contributed by atoms with Crippen molar-refractivity contribution < 1.29 is 33.3 Å². The average Bonchev–Trinajstić information content (AvgIpc) is 2.99. The van der Waals surface area contributed by atoms with Crippen molar-refractivity contribution in [2.45, 2.75) is 33.4 Å². The molecule has 0 bridgehead atoms. The maximum absolute atomic E-state index is 12.6. The van der Waals surface area contributed by atoms with Gasteiger partial charge in [0.25, 0.3) is 5.91 Å². The number of hydrogen-bond acceptors (Lipinski definition) is 8. The van der Waals surface area contributed by atoms with Crippen LogP contribution in [-0.2, 0) is 20.9 Å². The minimum absolute atomic E-state index is 0.184. The summed E-state index contributed by atoms with van der Waals surface area (Å²) >= 11 is 7.08. The number of ether oxygens (including phenoxy) is 4. The summed E-state index contributed by atoms with van der Waals surface area (Å²) in [6, 6.07) is 15.4. The van der Waals surface area contributed by atoms with E-state index in [0.717, 1.165) is 20.1 Å². The highest BCUT2D eigenvalue weighted by atomic mass is 79.9. The molecule has 0 aliphatic carbocycles. The lowest BCUT2D eigenvalue weighted by Crippen LogP contribution is -2.45. The Morgan fingerprint density at radius 1 is 1.02 bits per heavy atom. The van der Waals surface area contributed by atoms with Gasteiger partial charge in [-0.15, -0.1) is 0 Å². The molecule has 0 radical (unpaired) electrons. The van der Waals surface area contributed by atoms with Crippen LogP contribution in [0.15, 0.2) is 79.9 Å². The van der Waals surface area contributed by atoms with Gasteiger partial charge in [-0.2, -0.15) is 5.10 Å². The van der Waals surface area contributed by atoms with Gasteiger partial charge in [-0.3, -0.25) is 4.79 Å². The van der Waals surface area contributed by atoms with Gasteiger partial charge in [-0.05, 0) is 93.6 Å². The maximum Gasteiger partial charge on any atom is 0.338 e. The number of carbonyl (C=O) groups is 3. The Balaban J connectivity index is 1.36. The number of benzene rings is 3. The monoisotopic (exact) mass is 742 g/mol. The van der Waals surface area contributed by atoms with E-state index in [9.17, 15) is 14.4 Å². The van der Waals surface area contributed by atoms with Crippen LogP contribution in [-0.4, -0.2) is 44.4 Å². The normalized spacial score (nSPS) is 14.4. The highest BCUT2D eigenvalue weighted by molar-refractivity contribution is 9.11. The van der Waals surface area contributed by atoms with Gasteiger partial charge in [-0.25, -0.2) is 15.0 Å². The van der Waals surface area contributed by atoms with Crippen molar-refractivity contribution in [3.05, 3.63) is 97.1 Å². The molecule has 4 rings (SSSR count). The Kier molecular flexibility index (Phi) is 11.6. The Labute approximate surface area is 277 Å². The number of hydrazone groups is 1. The van der Waals surface area contributed by atoms with E-state index in [1.54, 1.807) is 32.0 Å². The van der Waals surface area contributed by atoms with Gasteiger partial charge in [0.15, 0.2) is 18.1 Å². The van der Waals surface area contributed by atoms with Crippen molar-refractivity contribution in [2.75, 3.05) is 20.3 Å². The second-order valence-corrected chi connectivity index (χ2v) is 11.6. The molecule has 0 saturated heterocycles. The van der Waals surface area contributed by atoms with Gasteiger partial charge in [-0.1, -0.05) is 35.9 Å². The van der Waals surface area contributed by atoms with E-state index in [1.165, 1.54) is 13.3 Å². The number of aryl methyl sites for hydroxylation is 1. The number of hydrogen-bond donors (Lipinski definition) is 3. The lowest BCUT2D eigenvalue weighted by atomic mass is 9.95. The highest BCUT2D eigenvalue weighted by Crippen LogP contribution is 2.36. The van der Waals surface area contributed by atoms with Crippen LogP contribution in [0.3, 0.4) is 0 Å². The van der Waals surface area contributed by atoms with Crippen LogP contribution in [0.2, 0.25) is 0 Å². The number of nitrogens with zero attached hydrogens (tertiary/aromatic N) is 1. The first-order valence-corrected chi connectivity index (χ1v) is 15.4. The van der Waals surface area contributed by atoms with Crippen LogP contribution in [0, 0.1) is 6.92 Å². The third-order valence-corrected chi connectivity index (χ3v) is 7.71. The number of urea groups is 1. The predicted molar refractivity (Wildman–Crippen MR) is 175 cm³/mol. The fourth-order valence-corrected chi connectivity index (χ4v) is 5.96. The Hall–Kier alpha value is -4.36. The van der Waals surface area contributed by atoms with Crippen LogP contribution in [0.25, 0.3) is 0 Å². The number of rotatable bonds is 12. The van der Waals surface area contributed by atoms with Crippen LogP contribution >= 0.6 is 31.9 Å². The molecule has 1 atom stereocenters. The van der Waals surface area contributed by atoms with E-state index in [1.807, 2.05) is 37.3 Å². The molecule has 0 saturated carbocycles. The summed E-state index contributed by atoms with van der Waals surface area (Å²) in [5, 5.41) is 9.36. The quantitative estimate of drug-likeness (QED) is 0.121. The molecule has 3 N–H and O–H groups in total. The molecule has 0 fully saturated rings. The summed E-state index contributed by atoms with van der Waals surface area (Å²) in [7, 11) is 1.44. The van der Waals surface area contributed by atoms with Crippen molar-refractivity contribution in [3.8, 4) is 17.2 Å². The number of halogens is 2. The Morgan fingerprint density at radius 3 is 2.47 bits per heavy atom. The Bertz CT molecular complexity index is 1640. The van der Waals surface area contributed by atoms with E-state index in [-0.39, 0.29) is 24.5 Å². The SMILES string of the molecule is CCOC(=O)C1=C(C)NC(=O)N[C@@H]1c1ccc(OCC(=O)N/N=C\c2cc(Br)c(OCc3cccc(C)c3)c(Br)c2)c(OC)c1. The van der Waals surface area contributed by atoms with E-state index in [4.69, 9.17) is 18.9 Å². The molecule has 3 aromatic carbocycles. The number of allylic oxidation sites excluding steroid dienone is 1. The van der Waals surface area contributed by atoms with E-state index >= 15 is 0 Å². The molecule has 0 spiro atoms. The third kappa shape index (κ3) is 8.85. The summed E-state index contributed by atoms with van der Waals surface area (Å²) < 4.78 is 23.7. The first-order valence-electron chi connectivity index (χ1n) is 13.8. The van der Waals surface area contributed by atoms with Gasteiger partial charge >= 0.3 is 12.0 Å². The molecular formula is C32H32Br2N4O7. The standard InChI is InChI=1S/C32H32Br2N4O7/c1-5-43-31(40)28-19(3)36-32(41)37-29(28)22-9-10-25(26(14-22)42-4)44-17-27(39)38-35-15-21-12-23(33)30(24(34)13-21)45-16-20-8-6-7-18(2)11-20/h6-15,29H,5,16-17H2,1-4H3,(H,38,39)(H2,36,37,41)/b35-15-/t29-/m1/s1. The second kappa shape index (κ2) is 15.6. The van der Waals surface area contributed by atoms with Gasteiger partial charge < -0.3 is 29.6 Å². The van der Waals surface area contributed by atoms with E-state index in [0.29, 0.717) is 34.9 Å². The van der Waals surface area contributed by atoms with Crippen molar-refractivity contribution >= 4 is 56.0 Å². The molecule has 3 amide bonds. The predicted octanol–water partition coefficient (Wildman–Crippen LogP) is 5.83. The van der Waals surface area contributed by atoms with Gasteiger partial charge in [0, 0.05) is 5.70 Å². The van der Waals surface area contributed by atoms with Gasteiger partial charge in [0.05, 0.1) is 40.5 Å².